The largest absolute Gasteiger partial charge is 0.391 e. The van der Waals surface area contributed by atoms with Crippen molar-refractivity contribution in [3.8, 4) is 0 Å². The Hall–Kier alpha value is -0.220. The molecule has 0 aromatic carbocycles. The van der Waals surface area contributed by atoms with Crippen LogP contribution in [0.15, 0.2) is 0 Å². The summed E-state index contributed by atoms with van der Waals surface area (Å²) in [4.78, 5) is 4.00. The van der Waals surface area contributed by atoms with Gasteiger partial charge in [0.2, 0.25) is 0 Å². The minimum atomic E-state index is -3.47. The molecule has 0 rings (SSSR count). The molecule has 0 saturated heterocycles. The smallest absolute Gasteiger partial charge is 0.154 e. The van der Waals surface area contributed by atoms with Crippen molar-refractivity contribution in [3.63, 3.8) is 0 Å². The van der Waals surface area contributed by atoms with Crippen LogP contribution >= 0.6 is 0 Å². The average Bonchev–Trinajstić information content (AvgIpc) is 2.34. The number of sulfone groups is 2. The molecule has 0 aliphatic carbocycles. The van der Waals surface area contributed by atoms with Crippen molar-refractivity contribution in [1.82, 2.24) is 9.80 Å². The molecule has 0 bridgehead atoms. The Morgan fingerprint density at radius 3 is 1.87 bits per heavy atom. The standard InChI is InChI=1S/C14H32N2O5S2/c1-5-10-22(18,19)12-14(17)13-23(20,21)11-9-16(4)8-6-7-15(2)3/h14,17H,5-13H2,1-4H3. The van der Waals surface area contributed by atoms with E-state index in [2.05, 4.69) is 4.90 Å². The third-order valence-electron chi connectivity index (χ3n) is 3.34. The van der Waals surface area contributed by atoms with Crippen LogP contribution in [-0.4, -0.2) is 102 Å². The van der Waals surface area contributed by atoms with E-state index in [0.717, 1.165) is 19.5 Å². The van der Waals surface area contributed by atoms with Crippen LogP contribution in [0.2, 0.25) is 0 Å². The predicted molar refractivity (Wildman–Crippen MR) is 94.3 cm³/mol. The van der Waals surface area contributed by atoms with Gasteiger partial charge in [0.25, 0.3) is 0 Å². The summed E-state index contributed by atoms with van der Waals surface area (Å²) in [5, 5.41) is 9.74. The highest BCUT2D eigenvalue weighted by molar-refractivity contribution is 7.92. The summed E-state index contributed by atoms with van der Waals surface area (Å²) >= 11 is 0. The summed E-state index contributed by atoms with van der Waals surface area (Å²) in [6.45, 7) is 3.84. The van der Waals surface area contributed by atoms with Gasteiger partial charge in [-0.2, -0.15) is 0 Å². The number of aliphatic hydroxyl groups excluding tert-OH is 1. The maximum absolute atomic E-state index is 12.0. The van der Waals surface area contributed by atoms with E-state index in [1.807, 2.05) is 26.0 Å². The predicted octanol–water partition coefficient (Wildman–Crippen LogP) is -0.530. The fourth-order valence-corrected chi connectivity index (χ4v) is 5.28. The van der Waals surface area contributed by atoms with Crippen molar-refractivity contribution < 1.29 is 21.9 Å². The van der Waals surface area contributed by atoms with Crippen LogP contribution in [0, 0.1) is 0 Å². The molecule has 0 aromatic heterocycles. The van der Waals surface area contributed by atoms with Crippen LogP contribution < -0.4 is 0 Å². The van der Waals surface area contributed by atoms with Crippen LogP contribution in [0.3, 0.4) is 0 Å². The Labute approximate surface area is 141 Å². The third-order valence-corrected chi connectivity index (χ3v) is 6.96. The first-order chi connectivity index (χ1) is 10.5. The highest BCUT2D eigenvalue weighted by atomic mass is 32.2. The van der Waals surface area contributed by atoms with Gasteiger partial charge in [-0.25, -0.2) is 16.8 Å². The van der Waals surface area contributed by atoms with Gasteiger partial charge in [0, 0.05) is 6.54 Å². The molecule has 0 radical (unpaired) electrons. The lowest BCUT2D eigenvalue weighted by atomic mass is 10.4. The molecule has 7 nitrogen and oxygen atoms in total. The van der Waals surface area contributed by atoms with Crippen molar-refractivity contribution in [2.45, 2.75) is 25.9 Å². The zero-order valence-corrected chi connectivity index (χ0v) is 16.4. The van der Waals surface area contributed by atoms with Crippen molar-refractivity contribution in [2.24, 2.45) is 0 Å². The fourth-order valence-electron chi connectivity index (χ4n) is 2.18. The molecule has 9 heteroatoms. The maximum atomic E-state index is 12.0. The SMILES string of the molecule is CCCS(=O)(=O)CC(O)CS(=O)(=O)CCN(C)CCCN(C)C. The zero-order chi connectivity index (χ0) is 18.1. The van der Waals surface area contributed by atoms with Crippen LogP contribution in [0.25, 0.3) is 0 Å². The molecule has 0 amide bonds. The van der Waals surface area contributed by atoms with Gasteiger partial charge in [-0.15, -0.1) is 0 Å². The van der Waals surface area contributed by atoms with Gasteiger partial charge >= 0.3 is 0 Å². The van der Waals surface area contributed by atoms with Crippen molar-refractivity contribution in [1.29, 1.82) is 0 Å². The second-order valence-corrected chi connectivity index (χ2v) is 10.8. The summed E-state index contributed by atoms with van der Waals surface area (Å²) in [6, 6.07) is 0. The number of hydrogen-bond acceptors (Lipinski definition) is 7. The summed E-state index contributed by atoms with van der Waals surface area (Å²) in [5.74, 6) is -1.09. The molecule has 0 saturated carbocycles. The van der Waals surface area contributed by atoms with Crippen LogP contribution in [0.4, 0.5) is 0 Å². The van der Waals surface area contributed by atoms with E-state index >= 15 is 0 Å². The molecular formula is C14H32N2O5S2. The van der Waals surface area contributed by atoms with Gasteiger partial charge in [-0.1, -0.05) is 6.92 Å². The molecule has 1 atom stereocenters. The van der Waals surface area contributed by atoms with E-state index in [0.29, 0.717) is 13.0 Å². The van der Waals surface area contributed by atoms with Crippen molar-refractivity contribution >= 4 is 19.7 Å². The third kappa shape index (κ3) is 12.8. The Bertz CT molecular complexity index is 517. The van der Waals surface area contributed by atoms with Crippen LogP contribution in [0.1, 0.15) is 19.8 Å². The van der Waals surface area contributed by atoms with Gasteiger partial charge in [0.15, 0.2) is 19.7 Å². The zero-order valence-electron chi connectivity index (χ0n) is 14.7. The van der Waals surface area contributed by atoms with E-state index < -0.39 is 37.3 Å². The number of nitrogens with zero attached hydrogens (tertiary/aromatic N) is 2. The summed E-state index contributed by atoms with van der Waals surface area (Å²) in [7, 11) is -1.03. The first-order valence-corrected chi connectivity index (χ1v) is 11.5. The molecule has 0 heterocycles. The normalized spacial score (nSPS) is 14.6. The number of hydrogen-bond donors (Lipinski definition) is 1. The minimum absolute atomic E-state index is 0.0290. The lowest BCUT2D eigenvalue weighted by molar-refractivity contribution is 0.220. The summed E-state index contributed by atoms with van der Waals surface area (Å²) in [5.41, 5.74) is 0. The molecule has 1 N–H and O–H groups in total. The molecular weight excluding hydrogens is 340 g/mol. The molecule has 140 valence electrons. The molecule has 0 aliphatic rings. The van der Waals surface area contributed by atoms with E-state index in [-0.39, 0.29) is 11.5 Å². The molecule has 0 aliphatic heterocycles. The second-order valence-electron chi connectivity index (χ2n) is 6.34. The lowest BCUT2D eigenvalue weighted by Gasteiger charge is -2.18. The minimum Gasteiger partial charge on any atom is -0.391 e. The molecule has 0 aromatic rings. The summed E-state index contributed by atoms with van der Waals surface area (Å²) in [6.07, 6.45) is 0.0525. The first kappa shape index (κ1) is 22.8. The first-order valence-electron chi connectivity index (χ1n) is 7.89. The fraction of sp³-hybridized carbons (Fsp3) is 1.00. The van der Waals surface area contributed by atoms with Crippen LogP contribution in [-0.2, 0) is 19.7 Å². The number of aliphatic hydroxyl groups is 1. The van der Waals surface area contributed by atoms with Gasteiger partial charge in [0.05, 0.1) is 29.1 Å². The average molecular weight is 373 g/mol. The van der Waals surface area contributed by atoms with Gasteiger partial charge in [0.1, 0.15) is 0 Å². The van der Waals surface area contributed by atoms with Crippen LogP contribution in [0.5, 0.6) is 0 Å². The quantitative estimate of drug-likeness (QED) is 0.464. The Kier molecular flexibility index (Phi) is 10.5. The molecule has 0 fully saturated rings. The Morgan fingerprint density at radius 1 is 0.870 bits per heavy atom. The lowest BCUT2D eigenvalue weighted by Crippen LogP contribution is -2.34. The van der Waals surface area contributed by atoms with E-state index in [1.54, 1.807) is 6.92 Å². The van der Waals surface area contributed by atoms with Gasteiger partial charge < -0.3 is 14.9 Å². The Balaban J connectivity index is 4.23. The Morgan fingerprint density at radius 2 is 1.39 bits per heavy atom. The van der Waals surface area contributed by atoms with Gasteiger partial charge in [-0.3, -0.25) is 0 Å². The van der Waals surface area contributed by atoms with E-state index in [1.165, 1.54) is 0 Å². The van der Waals surface area contributed by atoms with Crippen molar-refractivity contribution in [2.75, 3.05) is 63.8 Å². The highest BCUT2D eigenvalue weighted by Gasteiger charge is 2.23. The maximum Gasteiger partial charge on any atom is 0.154 e. The monoisotopic (exact) mass is 372 g/mol. The molecule has 23 heavy (non-hydrogen) atoms. The summed E-state index contributed by atoms with van der Waals surface area (Å²) < 4.78 is 47.2. The topological polar surface area (TPSA) is 95.0 Å². The molecule has 1 unspecified atom stereocenters. The van der Waals surface area contributed by atoms with Gasteiger partial charge in [-0.05, 0) is 47.1 Å². The molecule has 0 spiro atoms. The highest BCUT2D eigenvalue weighted by Crippen LogP contribution is 2.03. The number of rotatable bonds is 13. The van der Waals surface area contributed by atoms with E-state index in [4.69, 9.17) is 0 Å². The van der Waals surface area contributed by atoms with Crippen molar-refractivity contribution in [3.05, 3.63) is 0 Å². The second kappa shape index (κ2) is 10.6. The van der Waals surface area contributed by atoms with E-state index in [9.17, 15) is 21.9 Å².